The summed E-state index contributed by atoms with van der Waals surface area (Å²) in [5, 5.41) is 7.58. The van der Waals surface area contributed by atoms with Crippen LogP contribution in [0.2, 0.25) is 0 Å². The van der Waals surface area contributed by atoms with E-state index in [0.717, 1.165) is 36.4 Å². The molecule has 1 fully saturated rings. The van der Waals surface area contributed by atoms with Gasteiger partial charge in [-0.1, -0.05) is 6.42 Å². The third-order valence-electron chi connectivity index (χ3n) is 4.28. The van der Waals surface area contributed by atoms with Gasteiger partial charge in [-0.2, -0.15) is 5.10 Å². The Morgan fingerprint density at radius 3 is 2.55 bits per heavy atom. The number of nitrogens with one attached hydrogen (secondary N) is 1. The van der Waals surface area contributed by atoms with Crippen molar-refractivity contribution >= 4 is 9.84 Å². The zero-order chi connectivity index (χ0) is 15.0. The molecule has 2 rings (SSSR count). The van der Waals surface area contributed by atoms with E-state index in [4.69, 9.17) is 4.74 Å². The summed E-state index contributed by atoms with van der Waals surface area (Å²) in [6.07, 6.45) is 3.83. The number of methoxy groups -OCH3 is 1. The molecule has 7 heteroatoms. The predicted octanol–water partition coefficient (Wildman–Crippen LogP) is 0.794. The highest BCUT2D eigenvalue weighted by Gasteiger charge is 2.45. The van der Waals surface area contributed by atoms with Gasteiger partial charge in [-0.3, -0.25) is 0 Å². The molecule has 1 heterocycles. The van der Waals surface area contributed by atoms with Gasteiger partial charge in [-0.05, 0) is 19.8 Å². The van der Waals surface area contributed by atoms with Gasteiger partial charge in [0.1, 0.15) is 0 Å². The van der Waals surface area contributed by atoms with E-state index in [1.807, 2.05) is 14.0 Å². The first kappa shape index (κ1) is 15.3. The lowest BCUT2D eigenvalue weighted by Gasteiger charge is -2.40. The summed E-state index contributed by atoms with van der Waals surface area (Å²) in [7, 11) is 0.430. The molecule has 1 N–H and O–H groups in total. The molecule has 0 amide bonds. The molecule has 1 aliphatic carbocycles. The average molecular weight is 301 g/mol. The van der Waals surface area contributed by atoms with E-state index in [1.165, 1.54) is 6.26 Å². The molecule has 1 aromatic rings. The second kappa shape index (κ2) is 5.37. The number of sulfone groups is 1. The van der Waals surface area contributed by atoms with Crippen molar-refractivity contribution in [1.29, 1.82) is 0 Å². The maximum atomic E-state index is 11.9. The van der Waals surface area contributed by atoms with E-state index in [0.29, 0.717) is 13.1 Å². The number of nitrogens with zero attached hydrogens (tertiary/aromatic N) is 2. The summed E-state index contributed by atoms with van der Waals surface area (Å²) in [5.74, 6) is 0.719. The third-order valence-corrected chi connectivity index (χ3v) is 6.41. The maximum Gasteiger partial charge on any atom is 0.216 e. The monoisotopic (exact) mass is 301 g/mol. The number of ether oxygens (including phenoxy) is 1. The number of rotatable bonds is 6. The molecule has 0 unspecified atom stereocenters. The van der Waals surface area contributed by atoms with E-state index >= 15 is 0 Å². The number of hydrogen-bond acceptors (Lipinski definition) is 5. The molecule has 114 valence electrons. The molecule has 0 radical (unpaired) electrons. The van der Waals surface area contributed by atoms with Crippen LogP contribution in [0.15, 0.2) is 0 Å². The van der Waals surface area contributed by atoms with Crippen LogP contribution in [0.5, 0.6) is 5.88 Å². The molecular weight excluding hydrogens is 278 g/mol. The Morgan fingerprint density at radius 2 is 2.10 bits per heavy atom. The van der Waals surface area contributed by atoms with Gasteiger partial charge in [0, 0.05) is 26.4 Å². The fourth-order valence-corrected chi connectivity index (χ4v) is 4.20. The fraction of sp³-hybridized carbons (Fsp3) is 0.769. The molecule has 1 aliphatic rings. The Balaban J connectivity index is 2.04. The van der Waals surface area contributed by atoms with Crippen molar-refractivity contribution in [1.82, 2.24) is 15.1 Å². The van der Waals surface area contributed by atoms with Crippen molar-refractivity contribution in [2.75, 3.05) is 19.9 Å². The first-order valence-corrected chi connectivity index (χ1v) is 8.67. The molecule has 1 saturated carbocycles. The zero-order valence-electron chi connectivity index (χ0n) is 12.6. The SMILES string of the molecule is COc1c(CNCC2(S(C)(=O)=O)CCC2)c(C)nn1C. The van der Waals surface area contributed by atoms with Crippen molar-refractivity contribution in [3.05, 3.63) is 11.3 Å². The van der Waals surface area contributed by atoms with Gasteiger partial charge in [-0.15, -0.1) is 0 Å². The second-order valence-corrected chi connectivity index (χ2v) is 8.02. The summed E-state index contributed by atoms with van der Waals surface area (Å²) in [6.45, 7) is 2.98. The Kier molecular flexibility index (Phi) is 4.11. The third kappa shape index (κ3) is 2.56. The predicted molar refractivity (Wildman–Crippen MR) is 77.6 cm³/mol. The van der Waals surface area contributed by atoms with Crippen LogP contribution >= 0.6 is 0 Å². The Morgan fingerprint density at radius 1 is 1.45 bits per heavy atom. The number of hydrogen-bond donors (Lipinski definition) is 1. The molecule has 0 bridgehead atoms. The second-order valence-electron chi connectivity index (χ2n) is 5.61. The Bertz CT molecular complexity index is 588. The smallest absolute Gasteiger partial charge is 0.216 e. The van der Waals surface area contributed by atoms with E-state index in [-0.39, 0.29) is 0 Å². The molecule has 0 spiro atoms. The first-order valence-electron chi connectivity index (χ1n) is 6.77. The lowest BCUT2D eigenvalue weighted by atomic mass is 9.84. The molecular formula is C13H23N3O3S. The van der Waals surface area contributed by atoms with Gasteiger partial charge in [-0.25, -0.2) is 13.1 Å². The van der Waals surface area contributed by atoms with Crippen molar-refractivity contribution in [2.24, 2.45) is 7.05 Å². The summed E-state index contributed by atoms with van der Waals surface area (Å²) < 4.78 is 30.2. The van der Waals surface area contributed by atoms with Gasteiger partial charge in [0.15, 0.2) is 9.84 Å². The van der Waals surface area contributed by atoms with Crippen molar-refractivity contribution in [2.45, 2.75) is 37.5 Å². The summed E-state index contributed by atoms with van der Waals surface area (Å²) >= 11 is 0. The summed E-state index contributed by atoms with van der Waals surface area (Å²) in [4.78, 5) is 0. The normalized spacial score (nSPS) is 17.8. The van der Waals surface area contributed by atoms with Gasteiger partial charge in [0.25, 0.3) is 0 Å². The highest BCUT2D eigenvalue weighted by Crippen LogP contribution is 2.38. The lowest BCUT2D eigenvalue weighted by molar-refractivity contribution is 0.321. The highest BCUT2D eigenvalue weighted by atomic mass is 32.2. The van der Waals surface area contributed by atoms with Crippen molar-refractivity contribution in [3.8, 4) is 5.88 Å². The van der Waals surface area contributed by atoms with Crippen LogP contribution in [0.1, 0.15) is 30.5 Å². The Labute approximate surface area is 120 Å². The lowest BCUT2D eigenvalue weighted by Crippen LogP contribution is -2.52. The molecule has 20 heavy (non-hydrogen) atoms. The van der Waals surface area contributed by atoms with E-state index in [2.05, 4.69) is 10.4 Å². The van der Waals surface area contributed by atoms with Crippen LogP contribution in [-0.2, 0) is 23.4 Å². The molecule has 0 atom stereocenters. The van der Waals surface area contributed by atoms with E-state index < -0.39 is 14.6 Å². The van der Waals surface area contributed by atoms with Gasteiger partial charge in [0.2, 0.25) is 5.88 Å². The minimum atomic E-state index is -3.02. The average Bonchev–Trinajstić information content (AvgIpc) is 2.54. The highest BCUT2D eigenvalue weighted by molar-refractivity contribution is 7.92. The van der Waals surface area contributed by atoms with Gasteiger partial charge in [0.05, 0.1) is 23.1 Å². The van der Waals surface area contributed by atoms with E-state index in [9.17, 15) is 8.42 Å². The van der Waals surface area contributed by atoms with Crippen LogP contribution in [0.25, 0.3) is 0 Å². The molecule has 0 aromatic carbocycles. The van der Waals surface area contributed by atoms with Crippen molar-refractivity contribution < 1.29 is 13.2 Å². The van der Waals surface area contributed by atoms with Crippen LogP contribution < -0.4 is 10.1 Å². The first-order chi connectivity index (χ1) is 9.31. The van der Waals surface area contributed by atoms with Gasteiger partial charge < -0.3 is 10.1 Å². The number of aryl methyl sites for hydroxylation is 2. The minimum absolute atomic E-state index is 0.489. The quantitative estimate of drug-likeness (QED) is 0.841. The molecule has 1 aromatic heterocycles. The van der Waals surface area contributed by atoms with Crippen molar-refractivity contribution in [3.63, 3.8) is 0 Å². The van der Waals surface area contributed by atoms with Crippen LogP contribution in [0.4, 0.5) is 0 Å². The molecule has 0 aliphatic heterocycles. The van der Waals surface area contributed by atoms with E-state index in [1.54, 1.807) is 11.8 Å². The Hall–Kier alpha value is -1.08. The van der Waals surface area contributed by atoms with Crippen LogP contribution in [0.3, 0.4) is 0 Å². The fourth-order valence-electron chi connectivity index (χ4n) is 2.80. The topological polar surface area (TPSA) is 73.2 Å². The van der Waals surface area contributed by atoms with Gasteiger partial charge >= 0.3 is 0 Å². The largest absolute Gasteiger partial charge is 0.481 e. The molecule has 0 saturated heterocycles. The van der Waals surface area contributed by atoms with Crippen LogP contribution in [0, 0.1) is 6.92 Å². The maximum absolute atomic E-state index is 11.9. The zero-order valence-corrected chi connectivity index (χ0v) is 13.4. The number of aromatic nitrogens is 2. The molecule has 6 nitrogen and oxygen atoms in total. The summed E-state index contributed by atoms with van der Waals surface area (Å²) in [5.41, 5.74) is 1.89. The minimum Gasteiger partial charge on any atom is -0.481 e. The summed E-state index contributed by atoms with van der Waals surface area (Å²) in [6, 6.07) is 0. The van der Waals surface area contributed by atoms with Crippen LogP contribution in [-0.4, -0.2) is 42.9 Å². The standard InChI is InChI=1S/C13H23N3O3S/c1-10-11(12(19-3)16(2)15-10)8-14-9-13(6-5-7-13)20(4,17)18/h14H,5-9H2,1-4H3.